The number of carboxylic acids is 3. The molecule has 0 saturated carbocycles. The molecule has 9 atom stereocenters. The predicted octanol–water partition coefficient (Wildman–Crippen LogP) is 4.49. The van der Waals surface area contributed by atoms with E-state index in [9.17, 15) is 49.8 Å². The van der Waals surface area contributed by atoms with E-state index in [1.54, 1.807) is 6.92 Å². The first-order valence-corrected chi connectivity index (χ1v) is 17.5. The summed E-state index contributed by atoms with van der Waals surface area (Å²) in [6.07, 6.45) is 8.54. The van der Waals surface area contributed by atoms with Crippen molar-refractivity contribution in [1.82, 2.24) is 0 Å². The smallest absolute Gasteiger partial charge is 0.344 e. The van der Waals surface area contributed by atoms with Crippen LogP contribution in [0, 0.1) is 11.8 Å². The average Bonchev–Trinajstić information content (AvgIpc) is 3.30. The molecule has 3 unspecified atom stereocenters. The number of carbonyl (C=O) groups excluding carboxylic acids is 1. The zero-order chi connectivity index (χ0) is 37.8. The molecular formula is C38H52O13. The molecule has 0 spiro atoms. The number of fused-ring (bicyclic) bond motifs is 2. The van der Waals surface area contributed by atoms with Crippen molar-refractivity contribution in [1.29, 1.82) is 0 Å². The molecule has 0 aromatic heterocycles. The maximum atomic E-state index is 13.0. The Morgan fingerprint density at radius 1 is 0.882 bits per heavy atom. The van der Waals surface area contributed by atoms with Crippen LogP contribution in [0.2, 0.25) is 0 Å². The van der Waals surface area contributed by atoms with Crippen LogP contribution in [0.15, 0.2) is 60.7 Å². The van der Waals surface area contributed by atoms with Gasteiger partial charge in [0, 0.05) is 12.8 Å². The molecule has 13 nitrogen and oxygen atoms in total. The monoisotopic (exact) mass is 716 g/mol. The number of rotatable bonds is 21. The van der Waals surface area contributed by atoms with Crippen LogP contribution < -0.4 is 0 Å². The molecule has 2 heterocycles. The van der Waals surface area contributed by atoms with E-state index in [-0.39, 0.29) is 6.42 Å². The summed E-state index contributed by atoms with van der Waals surface area (Å²) >= 11 is 0. The van der Waals surface area contributed by atoms with Crippen molar-refractivity contribution < 1.29 is 64.0 Å². The van der Waals surface area contributed by atoms with Gasteiger partial charge in [-0.2, -0.15) is 0 Å². The molecular weight excluding hydrogens is 664 g/mol. The van der Waals surface area contributed by atoms with Crippen molar-refractivity contribution in [3.8, 4) is 0 Å². The van der Waals surface area contributed by atoms with Crippen molar-refractivity contribution >= 4 is 30.0 Å². The van der Waals surface area contributed by atoms with E-state index in [4.69, 9.17) is 14.2 Å². The quantitative estimate of drug-likeness (QED) is 0.0588. The zero-order valence-corrected chi connectivity index (χ0v) is 29.4. The standard InChI is InChI=1S/C38H52O13/c1-4-5-6-7-8-9-10-11-12-13-17-23-28(39)49-31-30(41)36(24-26(3)29(40)25(2)19-18-22-27-20-15-14-16-21-27)50-32(33(42)43)37(48,34(44)45)38(31,51-36)35(46)47/h4-5,10-11,14-16,18,20-22,25-26,29-32,40-41,48H,6-9,12-13,17,19,23-24H2,1-3H3,(H,42,43)(H,44,45)(H,46,47)/b5-4+,11-10+,22-18+/t25?,26?,29?,30-,31-,32-,36+,37-,38+/m0/s1. The second kappa shape index (κ2) is 18.6. The number of unbranched alkanes of at least 4 members (excludes halogenated alkanes) is 5. The van der Waals surface area contributed by atoms with E-state index in [0.717, 1.165) is 31.2 Å². The van der Waals surface area contributed by atoms with Gasteiger partial charge >= 0.3 is 23.9 Å². The first-order chi connectivity index (χ1) is 24.2. The second-order valence-electron chi connectivity index (χ2n) is 13.5. The molecule has 282 valence electrons. The number of aliphatic carboxylic acids is 3. The number of carboxylic acid groups (broad SMARTS) is 3. The van der Waals surface area contributed by atoms with Crippen molar-refractivity contribution in [2.75, 3.05) is 0 Å². The summed E-state index contributed by atoms with van der Waals surface area (Å²) in [6, 6.07) is 9.44. The van der Waals surface area contributed by atoms with Crippen molar-refractivity contribution in [2.45, 2.75) is 126 Å². The first-order valence-electron chi connectivity index (χ1n) is 17.5. The van der Waals surface area contributed by atoms with Crippen LogP contribution in [0.5, 0.6) is 0 Å². The van der Waals surface area contributed by atoms with Gasteiger partial charge in [-0.05, 0) is 75.7 Å². The maximum Gasteiger partial charge on any atom is 0.344 e. The van der Waals surface area contributed by atoms with Gasteiger partial charge in [0.05, 0.1) is 6.10 Å². The zero-order valence-electron chi connectivity index (χ0n) is 29.4. The summed E-state index contributed by atoms with van der Waals surface area (Å²) in [5.74, 6) is -11.5. The molecule has 2 bridgehead atoms. The predicted molar refractivity (Wildman–Crippen MR) is 185 cm³/mol. The van der Waals surface area contributed by atoms with Gasteiger partial charge in [0.2, 0.25) is 23.1 Å². The first kappa shape index (κ1) is 41.5. The minimum atomic E-state index is -3.86. The highest BCUT2D eigenvalue weighted by molar-refractivity contribution is 5.98. The number of aliphatic hydroxyl groups excluding tert-OH is 2. The number of hydrogen-bond donors (Lipinski definition) is 6. The van der Waals surface area contributed by atoms with Gasteiger partial charge < -0.3 is 44.8 Å². The van der Waals surface area contributed by atoms with E-state index in [1.807, 2.05) is 61.6 Å². The molecule has 0 radical (unpaired) electrons. The minimum Gasteiger partial charge on any atom is -0.479 e. The third-order valence-electron chi connectivity index (χ3n) is 9.65. The fourth-order valence-corrected chi connectivity index (χ4v) is 6.81. The van der Waals surface area contributed by atoms with Crippen molar-refractivity contribution in [3.63, 3.8) is 0 Å². The molecule has 1 aromatic rings. The number of esters is 1. The largest absolute Gasteiger partial charge is 0.479 e. The van der Waals surface area contributed by atoms with E-state index in [1.165, 1.54) is 6.92 Å². The van der Waals surface area contributed by atoms with Gasteiger partial charge in [0.1, 0.15) is 6.10 Å². The van der Waals surface area contributed by atoms with Gasteiger partial charge in [-0.15, -0.1) is 0 Å². The maximum absolute atomic E-state index is 13.0. The molecule has 1 aromatic carbocycles. The Morgan fingerprint density at radius 2 is 1.49 bits per heavy atom. The number of aliphatic hydroxyl groups is 3. The summed E-state index contributed by atoms with van der Waals surface area (Å²) in [5, 5.41) is 64.7. The Kier molecular flexibility index (Phi) is 15.1. The highest BCUT2D eigenvalue weighted by atomic mass is 16.8. The van der Waals surface area contributed by atoms with Gasteiger partial charge in [0.15, 0.2) is 6.10 Å². The second-order valence-corrected chi connectivity index (χ2v) is 13.5. The Bertz CT molecular complexity index is 1420. The summed E-state index contributed by atoms with van der Waals surface area (Å²) in [6.45, 7) is 5.26. The van der Waals surface area contributed by atoms with Gasteiger partial charge in [-0.25, -0.2) is 14.4 Å². The fourth-order valence-electron chi connectivity index (χ4n) is 6.81. The van der Waals surface area contributed by atoms with Crippen LogP contribution >= 0.6 is 0 Å². The summed E-state index contributed by atoms with van der Waals surface area (Å²) < 4.78 is 16.6. The lowest BCUT2D eigenvalue weighted by atomic mass is 9.74. The molecule has 51 heavy (non-hydrogen) atoms. The summed E-state index contributed by atoms with van der Waals surface area (Å²) in [4.78, 5) is 50.9. The van der Waals surface area contributed by atoms with Crippen molar-refractivity contribution in [2.24, 2.45) is 11.8 Å². The normalized spacial score (nSPS) is 29.3. The van der Waals surface area contributed by atoms with Crippen LogP contribution in [0.25, 0.3) is 6.08 Å². The van der Waals surface area contributed by atoms with Crippen LogP contribution in [0.3, 0.4) is 0 Å². The Labute approximate surface area is 298 Å². The molecule has 2 fully saturated rings. The molecule has 2 aliphatic heterocycles. The fraction of sp³-hybridized carbons (Fsp3) is 0.579. The summed E-state index contributed by atoms with van der Waals surface area (Å²) in [5.41, 5.74) is -6.41. The number of allylic oxidation sites excluding steroid dienone is 5. The highest BCUT2D eigenvalue weighted by Crippen LogP contribution is 2.56. The molecule has 3 rings (SSSR count). The van der Waals surface area contributed by atoms with E-state index in [2.05, 4.69) is 12.2 Å². The third kappa shape index (κ3) is 9.32. The van der Waals surface area contributed by atoms with Crippen LogP contribution in [0.4, 0.5) is 0 Å². The number of ether oxygens (including phenoxy) is 3. The van der Waals surface area contributed by atoms with E-state index < -0.39 is 83.5 Å². The third-order valence-corrected chi connectivity index (χ3v) is 9.65. The van der Waals surface area contributed by atoms with E-state index in [0.29, 0.717) is 25.7 Å². The molecule has 2 aliphatic rings. The summed E-state index contributed by atoms with van der Waals surface area (Å²) in [7, 11) is 0. The Morgan fingerprint density at radius 3 is 2.06 bits per heavy atom. The SMILES string of the molecule is C/C=C/CCCC/C=C/CCCCC(=O)O[C@H]1[C@H](O)[C@]2(CC(C)C(O)C(C)C/C=C/c3ccccc3)O[C@@H](C(=O)O)[C@](O)(C(=O)O)[C@@]1(C(=O)O)O2. The lowest BCUT2D eigenvalue weighted by Gasteiger charge is -2.49. The molecule has 2 saturated heterocycles. The van der Waals surface area contributed by atoms with Gasteiger partial charge in [-0.3, -0.25) is 4.79 Å². The minimum absolute atomic E-state index is 0.249. The molecule has 0 aliphatic carbocycles. The van der Waals surface area contributed by atoms with Gasteiger partial charge in [-0.1, -0.05) is 80.6 Å². The average molecular weight is 717 g/mol. The number of carbonyl (C=O) groups is 4. The van der Waals surface area contributed by atoms with Crippen LogP contribution in [-0.2, 0) is 33.4 Å². The Balaban J connectivity index is 1.79. The lowest BCUT2D eigenvalue weighted by Crippen LogP contribution is -2.78. The molecule has 13 heteroatoms. The van der Waals surface area contributed by atoms with Crippen LogP contribution in [-0.4, -0.2) is 95.9 Å². The highest BCUT2D eigenvalue weighted by Gasteiger charge is 2.86. The van der Waals surface area contributed by atoms with Crippen LogP contribution in [0.1, 0.15) is 90.5 Å². The Hall–Kier alpha value is -3.88. The molecule has 0 amide bonds. The van der Waals surface area contributed by atoms with Crippen molar-refractivity contribution in [3.05, 3.63) is 66.3 Å². The van der Waals surface area contributed by atoms with E-state index >= 15 is 0 Å². The topological polar surface area (TPSA) is 217 Å². The lowest BCUT2D eigenvalue weighted by molar-refractivity contribution is -0.377. The number of benzene rings is 1. The molecule has 6 N–H and O–H groups in total. The van der Waals surface area contributed by atoms with Gasteiger partial charge in [0.25, 0.3) is 0 Å². The number of hydrogen-bond acceptors (Lipinski definition) is 10.